The number of nitrogen functional groups attached to an aromatic ring is 1. The summed E-state index contributed by atoms with van der Waals surface area (Å²) in [7, 11) is 0. The van der Waals surface area contributed by atoms with Crippen molar-refractivity contribution in [3.63, 3.8) is 0 Å². The van der Waals surface area contributed by atoms with Crippen LogP contribution in [0, 0.1) is 0 Å². The Labute approximate surface area is 70.0 Å². The van der Waals surface area contributed by atoms with Crippen LogP contribution >= 0.6 is 0 Å². The summed E-state index contributed by atoms with van der Waals surface area (Å²) in [5.74, 6) is 0.261. The maximum atomic E-state index is 9.35. The number of aromatic nitrogens is 3. The van der Waals surface area contributed by atoms with E-state index in [1.807, 2.05) is 0 Å². The number of hydroxylamine groups is 1. The fraction of sp³-hybridized carbons (Fsp3) is 0.500. The Kier molecular flexibility index (Phi) is 2.39. The van der Waals surface area contributed by atoms with Crippen LogP contribution in [0.25, 0.3) is 0 Å². The number of nitrogens with zero attached hydrogens (tertiary/aromatic N) is 4. The van der Waals surface area contributed by atoms with Crippen molar-refractivity contribution < 1.29 is 5.21 Å². The SMILES string of the molecule is CC(C)N(O)c1ncnc(N)n1. The minimum atomic E-state index is -0.0909. The van der Waals surface area contributed by atoms with E-state index in [4.69, 9.17) is 5.73 Å². The minimum absolute atomic E-state index is 0.0909. The van der Waals surface area contributed by atoms with Crippen LogP contribution in [0.15, 0.2) is 6.33 Å². The first kappa shape index (κ1) is 8.66. The van der Waals surface area contributed by atoms with Gasteiger partial charge in [-0.1, -0.05) is 0 Å². The third-order valence-corrected chi connectivity index (χ3v) is 1.27. The highest BCUT2D eigenvalue weighted by molar-refractivity contribution is 5.29. The van der Waals surface area contributed by atoms with Crippen LogP contribution in [0.4, 0.5) is 11.9 Å². The third kappa shape index (κ3) is 1.79. The van der Waals surface area contributed by atoms with E-state index >= 15 is 0 Å². The van der Waals surface area contributed by atoms with Crippen molar-refractivity contribution >= 4 is 11.9 Å². The Bertz CT molecular complexity index is 264. The van der Waals surface area contributed by atoms with Crippen LogP contribution < -0.4 is 10.8 Å². The Morgan fingerprint density at radius 2 is 2.17 bits per heavy atom. The second-order valence-electron chi connectivity index (χ2n) is 2.58. The molecule has 1 aromatic heterocycles. The van der Waals surface area contributed by atoms with Gasteiger partial charge in [-0.25, -0.2) is 10.0 Å². The second kappa shape index (κ2) is 3.31. The number of nitrogens with two attached hydrogens (primary N) is 1. The zero-order valence-corrected chi connectivity index (χ0v) is 6.97. The first-order valence-electron chi connectivity index (χ1n) is 3.54. The molecule has 1 heterocycles. The molecule has 6 heteroatoms. The largest absolute Gasteiger partial charge is 0.368 e. The lowest BCUT2D eigenvalue weighted by molar-refractivity contribution is 0.222. The average Bonchev–Trinajstić information content (AvgIpc) is 2.03. The maximum absolute atomic E-state index is 9.35. The molecule has 3 N–H and O–H groups in total. The van der Waals surface area contributed by atoms with Crippen LogP contribution in [-0.4, -0.2) is 26.2 Å². The molecule has 0 amide bonds. The molecule has 0 aliphatic rings. The molecule has 66 valence electrons. The van der Waals surface area contributed by atoms with Crippen molar-refractivity contribution in [2.45, 2.75) is 19.9 Å². The van der Waals surface area contributed by atoms with E-state index in [2.05, 4.69) is 15.0 Å². The summed E-state index contributed by atoms with van der Waals surface area (Å²) in [6.07, 6.45) is 1.25. The van der Waals surface area contributed by atoms with Crippen LogP contribution in [0.1, 0.15) is 13.8 Å². The van der Waals surface area contributed by atoms with Crippen molar-refractivity contribution in [1.29, 1.82) is 0 Å². The van der Waals surface area contributed by atoms with Gasteiger partial charge in [0.05, 0.1) is 6.04 Å². The summed E-state index contributed by atoms with van der Waals surface area (Å²) in [4.78, 5) is 11.1. The van der Waals surface area contributed by atoms with Gasteiger partial charge in [0.1, 0.15) is 6.33 Å². The number of anilines is 2. The molecule has 0 bridgehead atoms. The predicted octanol–water partition coefficient (Wildman–Crippen LogP) is 0.0578. The number of hydrogen-bond acceptors (Lipinski definition) is 6. The highest BCUT2D eigenvalue weighted by Crippen LogP contribution is 2.06. The molecular formula is C6H11N5O. The molecular weight excluding hydrogens is 158 g/mol. The first-order valence-corrected chi connectivity index (χ1v) is 3.54. The molecule has 0 radical (unpaired) electrons. The van der Waals surface area contributed by atoms with Crippen LogP contribution in [0.2, 0.25) is 0 Å². The molecule has 0 fully saturated rings. The van der Waals surface area contributed by atoms with Crippen molar-refractivity contribution in [3.05, 3.63) is 6.33 Å². The monoisotopic (exact) mass is 169 g/mol. The van der Waals surface area contributed by atoms with Gasteiger partial charge in [0.2, 0.25) is 5.95 Å². The normalized spacial score (nSPS) is 10.3. The fourth-order valence-electron chi connectivity index (χ4n) is 0.641. The van der Waals surface area contributed by atoms with Crippen LogP contribution in [0.5, 0.6) is 0 Å². The molecule has 0 saturated carbocycles. The quantitative estimate of drug-likeness (QED) is 0.608. The number of hydrogen-bond donors (Lipinski definition) is 2. The molecule has 0 unspecified atom stereocenters. The molecule has 6 nitrogen and oxygen atoms in total. The Morgan fingerprint density at radius 3 is 2.67 bits per heavy atom. The van der Waals surface area contributed by atoms with E-state index in [1.165, 1.54) is 6.33 Å². The maximum Gasteiger partial charge on any atom is 0.254 e. The number of rotatable bonds is 2. The first-order chi connectivity index (χ1) is 5.61. The lowest BCUT2D eigenvalue weighted by Gasteiger charge is -2.17. The van der Waals surface area contributed by atoms with E-state index in [1.54, 1.807) is 13.8 Å². The Hall–Kier alpha value is -1.43. The molecule has 0 aliphatic carbocycles. The average molecular weight is 169 g/mol. The van der Waals surface area contributed by atoms with Crippen molar-refractivity contribution in [3.8, 4) is 0 Å². The van der Waals surface area contributed by atoms with E-state index in [0.29, 0.717) is 0 Å². The molecule has 0 saturated heterocycles. The fourth-order valence-corrected chi connectivity index (χ4v) is 0.641. The van der Waals surface area contributed by atoms with Gasteiger partial charge in [0.25, 0.3) is 5.95 Å². The molecule has 1 aromatic rings. The highest BCUT2D eigenvalue weighted by atomic mass is 16.5. The summed E-state index contributed by atoms with van der Waals surface area (Å²) >= 11 is 0. The van der Waals surface area contributed by atoms with Crippen molar-refractivity contribution in [2.24, 2.45) is 0 Å². The predicted molar refractivity (Wildman–Crippen MR) is 43.6 cm³/mol. The molecule has 0 aliphatic heterocycles. The van der Waals surface area contributed by atoms with E-state index < -0.39 is 0 Å². The highest BCUT2D eigenvalue weighted by Gasteiger charge is 2.09. The summed E-state index contributed by atoms with van der Waals surface area (Å²) in [5.41, 5.74) is 5.30. The standard InChI is InChI=1S/C6H11N5O/c1-4(2)11(12)6-9-3-8-5(7)10-6/h3-4,12H,1-2H3,(H2,7,8,9,10). The molecule has 0 aromatic carbocycles. The lowest BCUT2D eigenvalue weighted by atomic mass is 10.4. The van der Waals surface area contributed by atoms with Crippen LogP contribution in [0.3, 0.4) is 0 Å². The minimum Gasteiger partial charge on any atom is -0.368 e. The summed E-state index contributed by atoms with van der Waals surface area (Å²) in [6, 6.07) is -0.0909. The van der Waals surface area contributed by atoms with E-state index in [-0.39, 0.29) is 17.9 Å². The van der Waals surface area contributed by atoms with Gasteiger partial charge >= 0.3 is 0 Å². The summed E-state index contributed by atoms with van der Waals surface area (Å²) < 4.78 is 0. The van der Waals surface area contributed by atoms with Crippen molar-refractivity contribution in [2.75, 3.05) is 10.8 Å². The zero-order chi connectivity index (χ0) is 9.14. The van der Waals surface area contributed by atoms with Crippen LogP contribution in [-0.2, 0) is 0 Å². The molecule has 12 heavy (non-hydrogen) atoms. The Balaban J connectivity index is 2.88. The lowest BCUT2D eigenvalue weighted by Crippen LogP contribution is -2.28. The van der Waals surface area contributed by atoms with E-state index in [9.17, 15) is 5.21 Å². The molecule has 0 spiro atoms. The Morgan fingerprint density at radius 1 is 1.50 bits per heavy atom. The third-order valence-electron chi connectivity index (χ3n) is 1.27. The van der Waals surface area contributed by atoms with Gasteiger partial charge in [-0.3, -0.25) is 5.21 Å². The molecule has 1 rings (SSSR count). The van der Waals surface area contributed by atoms with Gasteiger partial charge < -0.3 is 5.73 Å². The summed E-state index contributed by atoms with van der Waals surface area (Å²) in [5, 5.41) is 10.3. The van der Waals surface area contributed by atoms with Gasteiger partial charge in [0, 0.05) is 0 Å². The smallest absolute Gasteiger partial charge is 0.254 e. The van der Waals surface area contributed by atoms with Gasteiger partial charge in [-0.05, 0) is 13.8 Å². The van der Waals surface area contributed by atoms with Gasteiger partial charge in [-0.2, -0.15) is 9.97 Å². The topological polar surface area (TPSA) is 88.2 Å². The zero-order valence-electron chi connectivity index (χ0n) is 6.97. The van der Waals surface area contributed by atoms with Gasteiger partial charge in [0.15, 0.2) is 0 Å². The second-order valence-corrected chi connectivity index (χ2v) is 2.58. The van der Waals surface area contributed by atoms with Gasteiger partial charge in [-0.15, -0.1) is 0 Å². The van der Waals surface area contributed by atoms with Crippen molar-refractivity contribution in [1.82, 2.24) is 15.0 Å². The van der Waals surface area contributed by atoms with E-state index in [0.717, 1.165) is 5.06 Å². The molecule has 0 atom stereocenters. The summed E-state index contributed by atoms with van der Waals surface area (Å²) in [6.45, 7) is 3.61.